The third-order valence-electron chi connectivity index (χ3n) is 3.81. The van der Waals surface area contributed by atoms with Crippen LogP contribution in [-0.4, -0.2) is 28.6 Å². The number of para-hydroxylation sites is 1. The zero-order valence-electron chi connectivity index (χ0n) is 15.6. The van der Waals surface area contributed by atoms with Gasteiger partial charge in [-0.3, -0.25) is 4.79 Å². The third kappa shape index (κ3) is 4.82. The number of aryl methyl sites for hydroxylation is 1. The first kappa shape index (κ1) is 19.9. The largest absolute Gasteiger partial charge is 0.483 e. The number of hydrogen-bond donors (Lipinski definition) is 2. The lowest BCUT2D eigenvalue weighted by atomic mass is 9.86. The molecule has 1 atom stereocenters. The molecule has 2 rings (SSSR count). The molecule has 0 bridgehead atoms. The fourth-order valence-corrected chi connectivity index (χ4v) is 3.41. The minimum Gasteiger partial charge on any atom is -0.483 e. The normalized spacial score (nSPS) is 12.5. The average Bonchev–Trinajstić information content (AvgIpc) is 2.94. The zero-order chi connectivity index (χ0) is 19.5. The van der Waals surface area contributed by atoms with E-state index < -0.39 is 5.97 Å². The smallest absolute Gasteiger partial charge is 0.347 e. The number of thiazole rings is 1. The second-order valence-electron chi connectivity index (χ2n) is 7.10. The monoisotopic (exact) mass is 376 g/mol. The number of aromatic nitrogens is 1. The molecule has 0 saturated heterocycles. The SMILES string of the molecule is Cc1nc(C(C)NC(=O)COc2ccccc2C(C)(C)C)sc1C(=O)O. The molecule has 0 radical (unpaired) electrons. The van der Waals surface area contributed by atoms with Gasteiger partial charge in [-0.2, -0.15) is 0 Å². The maximum absolute atomic E-state index is 12.2. The van der Waals surface area contributed by atoms with E-state index in [0.29, 0.717) is 16.5 Å². The number of carboxylic acids is 1. The summed E-state index contributed by atoms with van der Waals surface area (Å²) in [6.07, 6.45) is 0. The van der Waals surface area contributed by atoms with E-state index in [4.69, 9.17) is 9.84 Å². The molecule has 6 nitrogen and oxygen atoms in total. The molecule has 140 valence electrons. The van der Waals surface area contributed by atoms with Crippen molar-refractivity contribution in [1.82, 2.24) is 10.3 Å². The molecule has 1 aromatic heterocycles. The standard InChI is InChI=1S/C19H24N2O4S/c1-11-16(18(23)24)26-17(21-11)12(2)20-15(22)10-25-14-9-7-6-8-13(14)19(3,4)5/h6-9,12H,10H2,1-5H3,(H,20,22)(H,23,24). The van der Waals surface area contributed by atoms with E-state index in [0.717, 1.165) is 16.9 Å². The van der Waals surface area contributed by atoms with Crippen molar-refractivity contribution in [3.63, 3.8) is 0 Å². The van der Waals surface area contributed by atoms with Gasteiger partial charge in [0, 0.05) is 0 Å². The molecule has 1 aromatic carbocycles. The lowest BCUT2D eigenvalue weighted by Gasteiger charge is -2.22. The summed E-state index contributed by atoms with van der Waals surface area (Å²) in [7, 11) is 0. The number of carbonyl (C=O) groups excluding carboxylic acids is 1. The van der Waals surface area contributed by atoms with Gasteiger partial charge in [0.05, 0.1) is 11.7 Å². The van der Waals surface area contributed by atoms with Crippen molar-refractivity contribution >= 4 is 23.2 Å². The topological polar surface area (TPSA) is 88.5 Å². The maximum atomic E-state index is 12.2. The highest BCUT2D eigenvalue weighted by Gasteiger charge is 2.21. The molecule has 0 aliphatic rings. The fraction of sp³-hybridized carbons (Fsp3) is 0.421. The Morgan fingerprint density at radius 2 is 1.96 bits per heavy atom. The Morgan fingerprint density at radius 1 is 1.31 bits per heavy atom. The average molecular weight is 376 g/mol. The highest BCUT2D eigenvalue weighted by Crippen LogP contribution is 2.31. The summed E-state index contributed by atoms with van der Waals surface area (Å²) in [5.74, 6) is -0.612. The minimum absolute atomic E-state index is 0.0913. The third-order valence-corrected chi connectivity index (χ3v) is 5.14. The predicted octanol–water partition coefficient (Wildman–Crippen LogP) is 3.70. The number of nitrogens with one attached hydrogen (secondary N) is 1. The Labute approximate surface area is 157 Å². The van der Waals surface area contributed by atoms with Crippen LogP contribution in [0.25, 0.3) is 0 Å². The van der Waals surface area contributed by atoms with E-state index in [2.05, 4.69) is 31.1 Å². The van der Waals surface area contributed by atoms with Gasteiger partial charge in [0.15, 0.2) is 6.61 Å². The van der Waals surface area contributed by atoms with Crippen molar-refractivity contribution < 1.29 is 19.4 Å². The van der Waals surface area contributed by atoms with Crippen LogP contribution in [0.1, 0.15) is 59.7 Å². The summed E-state index contributed by atoms with van der Waals surface area (Å²) >= 11 is 1.07. The molecule has 0 aliphatic carbocycles. The van der Waals surface area contributed by atoms with E-state index in [1.54, 1.807) is 13.8 Å². The Kier molecular flexibility index (Phi) is 6.02. The lowest BCUT2D eigenvalue weighted by Crippen LogP contribution is -2.31. The van der Waals surface area contributed by atoms with E-state index in [1.807, 2.05) is 24.3 Å². The van der Waals surface area contributed by atoms with Crippen LogP contribution in [-0.2, 0) is 10.2 Å². The van der Waals surface area contributed by atoms with E-state index in [1.165, 1.54) is 0 Å². The predicted molar refractivity (Wildman–Crippen MR) is 101 cm³/mol. The van der Waals surface area contributed by atoms with Gasteiger partial charge in [0.2, 0.25) is 0 Å². The second-order valence-corrected chi connectivity index (χ2v) is 8.13. The molecule has 1 amide bonds. The first-order valence-electron chi connectivity index (χ1n) is 8.32. The number of amides is 1. The van der Waals surface area contributed by atoms with Crippen LogP contribution in [0.5, 0.6) is 5.75 Å². The van der Waals surface area contributed by atoms with Gasteiger partial charge in [0.1, 0.15) is 15.6 Å². The lowest BCUT2D eigenvalue weighted by molar-refractivity contribution is -0.123. The van der Waals surface area contributed by atoms with Gasteiger partial charge in [-0.05, 0) is 30.9 Å². The maximum Gasteiger partial charge on any atom is 0.347 e. The number of carboxylic acid groups (broad SMARTS) is 1. The zero-order valence-corrected chi connectivity index (χ0v) is 16.4. The summed E-state index contributed by atoms with van der Waals surface area (Å²) in [5.41, 5.74) is 1.39. The number of carbonyl (C=O) groups is 2. The molecule has 1 unspecified atom stereocenters. The summed E-state index contributed by atoms with van der Waals surface area (Å²) < 4.78 is 5.71. The van der Waals surface area contributed by atoms with Crippen LogP contribution in [0, 0.1) is 6.92 Å². The van der Waals surface area contributed by atoms with Crippen molar-refractivity contribution in [2.24, 2.45) is 0 Å². The highest BCUT2D eigenvalue weighted by atomic mass is 32.1. The molecule has 26 heavy (non-hydrogen) atoms. The van der Waals surface area contributed by atoms with Crippen LogP contribution >= 0.6 is 11.3 Å². The Morgan fingerprint density at radius 3 is 2.54 bits per heavy atom. The molecule has 0 saturated carbocycles. The highest BCUT2D eigenvalue weighted by molar-refractivity contribution is 7.13. The second kappa shape index (κ2) is 7.86. The van der Waals surface area contributed by atoms with Crippen LogP contribution in [0.15, 0.2) is 24.3 Å². The number of aromatic carboxylic acids is 1. The van der Waals surface area contributed by atoms with Crippen molar-refractivity contribution in [2.45, 2.75) is 46.1 Å². The van der Waals surface area contributed by atoms with E-state index in [-0.39, 0.29) is 28.8 Å². The van der Waals surface area contributed by atoms with Gasteiger partial charge in [0.25, 0.3) is 5.91 Å². The summed E-state index contributed by atoms with van der Waals surface area (Å²) in [6, 6.07) is 7.26. The Bertz CT molecular complexity index is 808. The molecule has 0 spiro atoms. The fourth-order valence-electron chi connectivity index (χ4n) is 2.50. The number of nitrogens with zero attached hydrogens (tertiary/aromatic N) is 1. The van der Waals surface area contributed by atoms with E-state index in [9.17, 15) is 9.59 Å². The summed E-state index contributed by atoms with van der Waals surface area (Å²) in [6.45, 7) is 9.55. The van der Waals surface area contributed by atoms with Crippen LogP contribution in [0.2, 0.25) is 0 Å². The Balaban J connectivity index is 1.99. The quantitative estimate of drug-likeness (QED) is 0.802. The van der Waals surface area contributed by atoms with Crippen molar-refractivity contribution in [2.75, 3.05) is 6.61 Å². The molecule has 2 aromatic rings. The summed E-state index contributed by atoms with van der Waals surface area (Å²) in [5, 5.41) is 12.5. The van der Waals surface area contributed by atoms with Crippen molar-refractivity contribution in [1.29, 1.82) is 0 Å². The van der Waals surface area contributed by atoms with Gasteiger partial charge in [-0.1, -0.05) is 39.0 Å². The Hall–Kier alpha value is -2.41. The van der Waals surface area contributed by atoms with Gasteiger partial charge < -0.3 is 15.2 Å². The van der Waals surface area contributed by atoms with Crippen LogP contribution in [0.3, 0.4) is 0 Å². The summed E-state index contributed by atoms with van der Waals surface area (Å²) in [4.78, 5) is 27.7. The number of rotatable bonds is 6. The van der Waals surface area contributed by atoms with Gasteiger partial charge in [-0.25, -0.2) is 9.78 Å². The van der Waals surface area contributed by atoms with Crippen LogP contribution in [0.4, 0.5) is 0 Å². The molecular formula is C19H24N2O4S. The number of ether oxygens (including phenoxy) is 1. The molecule has 2 N–H and O–H groups in total. The first-order valence-corrected chi connectivity index (χ1v) is 9.13. The van der Waals surface area contributed by atoms with Crippen molar-refractivity contribution in [3.8, 4) is 5.75 Å². The molecule has 7 heteroatoms. The molecule has 0 fully saturated rings. The van der Waals surface area contributed by atoms with Gasteiger partial charge >= 0.3 is 5.97 Å². The minimum atomic E-state index is -1.01. The van der Waals surface area contributed by atoms with Crippen molar-refractivity contribution in [3.05, 3.63) is 45.4 Å². The van der Waals surface area contributed by atoms with E-state index >= 15 is 0 Å². The molecule has 1 heterocycles. The number of benzene rings is 1. The molecular weight excluding hydrogens is 352 g/mol. The molecule has 0 aliphatic heterocycles. The van der Waals surface area contributed by atoms with Crippen LogP contribution < -0.4 is 10.1 Å². The van der Waals surface area contributed by atoms with Gasteiger partial charge in [-0.15, -0.1) is 11.3 Å². The first-order chi connectivity index (χ1) is 12.1. The number of hydrogen-bond acceptors (Lipinski definition) is 5.